The molecule has 0 spiro atoms. The summed E-state index contributed by atoms with van der Waals surface area (Å²) in [4.78, 5) is 5.65. The summed E-state index contributed by atoms with van der Waals surface area (Å²) in [6.45, 7) is 8.33. The fraction of sp³-hybridized carbons (Fsp3) is 0.357. The first kappa shape index (κ1) is 13.0. The van der Waals surface area contributed by atoms with Crippen LogP contribution in [0.25, 0.3) is 0 Å². The fourth-order valence-electron chi connectivity index (χ4n) is 1.86. The third-order valence-electron chi connectivity index (χ3n) is 2.97. The Morgan fingerprint density at radius 3 is 2.28 bits per heavy atom. The Morgan fingerprint density at radius 2 is 1.78 bits per heavy atom. The number of anilines is 1. The summed E-state index contributed by atoms with van der Waals surface area (Å²) >= 11 is 1.65. The number of rotatable bonds is 3. The van der Waals surface area contributed by atoms with Crippen molar-refractivity contribution in [2.75, 3.05) is 5.32 Å². The Kier molecular flexibility index (Phi) is 3.66. The van der Waals surface area contributed by atoms with E-state index in [2.05, 4.69) is 17.2 Å². The van der Waals surface area contributed by atoms with Crippen molar-refractivity contribution in [3.8, 4) is 0 Å². The van der Waals surface area contributed by atoms with Crippen LogP contribution in [0.5, 0.6) is 0 Å². The average Bonchev–Trinajstić information content (AvgIpc) is 2.63. The normalized spacial score (nSPS) is 10.7. The van der Waals surface area contributed by atoms with Gasteiger partial charge < -0.3 is 5.32 Å². The van der Waals surface area contributed by atoms with Crippen LogP contribution in [0.1, 0.15) is 27.3 Å². The van der Waals surface area contributed by atoms with Crippen LogP contribution < -0.4 is 5.32 Å². The maximum atomic E-state index is 13.5. The molecule has 0 amide bonds. The van der Waals surface area contributed by atoms with Gasteiger partial charge in [0.25, 0.3) is 0 Å². The van der Waals surface area contributed by atoms with E-state index < -0.39 is 0 Å². The van der Waals surface area contributed by atoms with Gasteiger partial charge in [-0.05, 0) is 44.4 Å². The number of thiazole rings is 1. The number of benzene rings is 1. The summed E-state index contributed by atoms with van der Waals surface area (Å²) in [5, 5.41) is 4.20. The quantitative estimate of drug-likeness (QED) is 0.901. The third-order valence-corrected chi connectivity index (χ3v) is 4.00. The second-order valence-electron chi connectivity index (χ2n) is 4.56. The van der Waals surface area contributed by atoms with E-state index in [0.29, 0.717) is 17.7 Å². The van der Waals surface area contributed by atoms with E-state index in [1.54, 1.807) is 25.2 Å². The summed E-state index contributed by atoms with van der Waals surface area (Å²) in [5.74, 6) is -0.111. The van der Waals surface area contributed by atoms with E-state index in [1.807, 2.05) is 19.1 Å². The SMILES string of the molecule is Cc1cc(CNc2nc(C)c(C)s2)cc(C)c1F. The zero-order valence-corrected chi connectivity index (χ0v) is 11.9. The van der Waals surface area contributed by atoms with Crippen LogP contribution in [0, 0.1) is 33.5 Å². The van der Waals surface area contributed by atoms with Crippen molar-refractivity contribution in [2.45, 2.75) is 34.2 Å². The van der Waals surface area contributed by atoms with Crippen LogP contribution in [0.4, 0.5) is 9.52 Å². The van der Waals surface area contributed by atoms with E-state index in [1.165, 1.54) is 4.88 Å². The first-order chi connectivity index (χ1) is 8.47. The molecule has 0 saturated carbocycles. The van der Waals surface area contributed by atoms with Gasteiger partial charge in [-0.1, -0.05) is 12.1 Å². The Bertz CT molecular complexity index is 533. The van der Waals surface area contributed by atoms with E-state index >= 15 is 0 Å². The summed E-state index contributed by atoms with van der Waals surface area (Å²) in [6.07, 6.45) is 0. The number of nitrogens with zero attached hydrogens (tertiary/aromatic N) is 1. The second-order valence-corrected chi connectivity index (χ2v) is 5.76. The molecule has 1 aromatic carbocycles. The van der Waals surface area contributed by atoms with Crippen LogP contribution in [0.3, 0.4) is 0 Å². The van der Waals surface area contributed by atoms with Gasteiger partial charge in [-0.3, -0.25) is 0 Å². The van der Waals surface area contributed by atoms with Crippen LogP contribution in [-0.4, -0.2) is 4.98 Å². The number of halogens is 1. The smallest absolute Gasteiger partial charge is 0.183 e. The molecule has 0 bridgehead atoms. The van der Waals surface area contributed by atoms with Gasteiger partial charge in [0.1, 0.15) is 5.82 Å². The lowest BCUT2D eigenvalue weighted by atomic mass is 10.1. The van der Waals surface area contributed by atoms with E-state index in [0.717, 1.165) is 16.4 Å². The van der Waals surface area contributed by atoms with Gasteiger partial charge in [0.05, 0.1) is 5.69 Å². The molecule has 0 aliphatic heterocycles. The zero-order chi connectivity index (χ0) is 13.3. The van der Waals surface area contributed by atoms with Gasteiger partial charge in [-0.25, -0.2) is 9.37 Å². The van der Waals surface area contributed by atoms with Gasteiger partial charge in [-0.2, -0.15) is 0 Å². The Hall–Kier alpha value is -1.42. The number of hydrogen-bond acceptors (Lipinski definition) is 3. The monoisotopic (exact) mass is 264 g/mol. The van der Waals surface area contributed by atoms with Crippen molar-refractivity contribution in [1.82, 2.24) is 4.98 Å². The van der Waals surface area contributed by atoms with Crippen LogP contribution in [0.15, 0.2) is 12.1 Å². The number of hydrogen-bond donors (Lipinski definition) is 1. The highest BCUT2D eigenvalue weighted by Crippen LogP contribution is 2.22. The van der Waals surface area contributed by atoms with Crippen molar-refractivity contribution >= 4 is 16.5 Å². The standard InChI is InChI=1S/C14H17FN2S/c1-8-5-12(6-9(2)13(8)15)7-16-14-17-10(3)11(4)18-14/h5-6H,7H2,1-4H3,(H,16,17). The summed E-state index contributed by atoms with van der Waals surface area (Å²) in [7, 11) is 0. The molecule has 1 N–H and O–H groups in total. The first-order valence-electron chi connectivity index (χ1n) is 5.91. The maximum absolute atomic E-state index is 13.5. The zero-order valence-electron chi connectivity index (χ0n) is 11.1. The molecule has 2 aromatic rings. The highest BCUT2D eigenvalue weighted by Gasteiger charge is 2.06. The molecular formula is C14H17FN2S. The molecule has 0 aliphatic carbocycles. The van der Waals surface area contributed by atoms with Gasteiger partial charge >= 0.3 is 0 Å². The lowest BCUT2D eigenvalue weighted by Gasteiger charge is -2.07. The van der Waals surface area contributed by atoms with Crippen molar-refractivity contribution in [3.63, 3.8) is 0 Å². The minimum Gasteiger partial charge on any atom is -0.357 e. The number of nitrogens with one attached hydrogen (secondary N) is 1. The lowest BCUT2D eigenvalue weighted by molar-refractivity contribution is 0.608. The highest BCUT2D eigenvalue weighted by molar-refractivity contribution is 7.15. The van der Waals surface area contributed by atoms with Gasteiger partial charge in [0.2, 0.25) is 0 Å². The number of aromatic nitrogens is 1. The Labute approximate surface area is 111 Å². The fourth-order valence-corrected chi connectivity index (χ4v) is 2.67. The molecule has 0 unspecified atom stereocenters. The minimum absolute atomic E-state index is 0.111. The Morgan fingerprint density at radius 1 is 1.17 bits per heavy atom. The predicted molar refractivity (Wildman–Crippen MR) is 74.8 cm³/mol. The molecule has 2 nitrogen and oxygen atoms in total. The molecule has 0 radical (unpaired) electrons. The third kappa shape index (κ3) is 2.70. The molecule has 2 rings (SSSR count). The molecular weight excluding hydrogens is 247 g/mol. The summed E-state index contributed by atoms with van der Waals surface area (Å²) < 4.78 is 13.5. The van der Waals surface area contributed by atoms with Crippen LogP contribution in [0.2, 0.25) is 0 Å². The van der Waals surface area contributed by atoms with Crippen LogP contribution >= 0.6 is 11.3 Å². The minimum atomic E-state index is -0.111. The largest absolute Gasteiger partial charge is 0.357 e. The van der Waals surface area contributed by atoms with E-state index in [-0.39, 0.29) is 5.82 Å². The van der Waals surface area contributed by atoms with Crippen LogP contribution in [-0.2, 0) is 6.54 Å². The van der Waals surface area contributed by atoms with E-state index in [4.69, 9.17) is 0 Å². The molecule has 4 heteroatoms. The maximum Gasteiger partial charge on any atom is 0.183 e. The predicted octanol–water partition coefficient (Wildman–Crippen LogP) is 4.13. The van der Waals surface area contributed by atoms with Crippen molar-refractivity contribution < 1.29 is 4.39 Å². The molecule has 0 saturated heterocycles. The van der Waals surface area contributed by atoms with Crippen molar-refractivity contribution in [2.24, 2.45) is 0 Å². The number of aryl methyl sites for hydroxylation is 4. The molecule has 0 fully saturated rings. The molecule has 18 heavy (non-hydrogen) atoms. The first-order valence-corrected chi connectivity index (χ1v) is 6.72. The van der Waals surface area contributed by atoms with Gasteiger partial charge in [0, 0.05) is 11.4 Å². The topological polar surface area (TPSA) is 24.9 Å². The molecule has 96 valence electrons. The molecule has 1 heterocycles. The van der Waals surface area contributed by atoms with Crippen molar-refractivity contribution in [3.05, 3.63) is 45.2 Å². The van der Waals surface area contributed by atoms with E-state index in [9.17, 15) is 4.39 Å². The Balaban J connectivity index is 2.11. The van der Waals surface area contributed by atoms with Gasteiger partial charge in [0.15, 0.2) is 5.13 Å². The lowest BCUT2D eigenvalue weighted by Crippen LogP contribution is -2.01. The second kappa shape index (κ2) is 5.06. The highest BCUT2D eigenvalue weighted by atomic mass is 32.1. The summed E-state index contributed by atoms with van der Waals surface area (Å²) in [6, 6.07) is 3.76. The summed E-state index contributed by atoms with van der Waals surface area (Å²) in [5.41, 5.74) is 3.53. The average molecular weight is 264 g/mol. The van der Waals surface area contributed by atoms with Gasteiger partial charge in [-0.15, -0.1) is 11.3 Å². The molecule has 0 aliphatic rings. The molecule has 0 atom stereocenters. The molecule has 1 aromatic heterocycles. The van der Waals surface area contributed by atoms with Crippen molar-refractivity contribution in [1.29, 1.82) is 0 Å².